The monoisotopic (exact) mass is 430 g/mol. The number of carboxylic acids is 1. The molecule has 1 amide bonds. The van der Waals surface area contributed by atoms with Gasteiger partial charge in [-0.1, -0.05) is 11.6 Å². The first-order valence-electron chi connectivity index (χ1n) is 9.59. The molecule has 1 atom stereocenters. The van der Waals surface area contributed by atoms with Crippen LogP contribution in [-0.2, 0) is 29.0 Å². The molecule has 0 saturated carbocycles. The fourth-order valence-corrected chi connectivity index (χ4v) is 4.14. The van der Waals surface area contributed by atoms with Gasteiger partial charge in [0.15, 0.2) is 6.61 Å². The van der Waals surface area contributed by atoms with E-state index in [1.54, 1.807) is 34.9 Å². The first-order chi connectivity index (χ1) is 14.4. The van der Waals surface area contributed by atoms with E-state index in [1.165, 1.54) is 12.1 Å². The van der Waals surface area contributed by atoms with Crippen molar-refractivity contribution in [3.63, 3.8) is 0 Å². The summed E-state index contributed by atoms with van der Waals surface area (Å²) < 4.78 is 21.1. The molecule has 4 rings (SSSR count). The van der Waals surface area contributed by atoms with Crippen molar-refractivity contribution in [2.75, 3.05) is 6.61 Å². The number of halogens is 2. The van der Waals surface area contributed by atoms with Crippen LogP contribution in [0.3, 0.4) is 0 Å². The Labute approximate surface area is 177 Å². The van der Waals surface area contributed by atoms with E-state index < -0.39 is 5.97 Å². The fraction of sp³-hybridized carbons (Fsp3) is 0.273. The van der Waals surface area contributed by atoms with Crippen molar-refractivity contribution in [2.24, 2.45) is 0 Å². The van der Waals surface area contributed by atoms with Gasteiger partial charge in [0, 0.05) is 27.7 Å². The highest BCUT2D eigenvalue weighted by Crippen LogP contribution is 2.33. The average molecular weight is 431 g/mol. The summed E-state index contributed by atoms with van der Waals surface area (Å²) in [5.74, 6) is -1.03. The van der Waals surface area contributed by atoms with Crippen molar-refractivity contribution in [1.82, 2.24) is 9.88 Å². The number of hydrogen-bond donors (Lipinski definition) is 2. The molecule has 8 heteroatoms. The largest absolute Gasteiger partial charge is 0.484 e. The summed E-state index contributed by atoms with van der Waals surface area (Å²) in [5, 5.41) is 13.5. The molecular formula is C22H20ClFN2O4. The van der Waals surface area contributed by atoms with Gasteiger partial charge in [0.1, 0.15) is 18.1 Å². The first-order valence-corrected chi connectivity index (χ1v) is 9.97. The third kappa shape index (κ3) is 4.26. The predicted octanol–water partition coefficient (Wildman–Crippen LogP) is 3.57. The number of carboxylic acid groups (broad SMARTS) is 1. The van der Waals surface area contributed by atoms with E-state index in [9.17, 15) is 19.1 Å². The minimum atomic E-state index is -0.950. The van der Waals surface area contributed by atoms with Crippen LogP contribution < -0.4 is 10.1 Å². The highest BCUT2D eigenvalue weighted by molar-refractivity contribution is 6.30. The molecule has 0 saturated heterocycles. The zero-order chi connectivity index (χ0) is 21.3. The molecule has 2 N–H and O–H groups in total. The van der Waals surface area contributed by atoms with Gasteiger partial charge in [0.25, 0.3) is 5.91 Å². The first kappa shape index (κ1) is 20.2. The van der Waals surface area contributed by atoms with Gasteiger partial charge in [-0.05, 0) is 67.3 Å². The summed E-state index contributed by atoms with van der Waals surface area (Å²) in [7, 11) is 0. The maximum Gasteiger partial charge on any atom is 0.323 e. The van der Waals surface area contributed by atoms with Crippen LogP contribution in [0.5, 0.6) is 5.75 Å². The van der Waals surface area contributed by atoms with Crippen LogP contribution in [0.4, 0.5) is 4.39 Å². The third-order valence-electron chi connectivity index (χ3n) is 5.27. The summed E-state index contributed by atoms with van der Waals surface area (Å²) in [6.45, 7) is -0.302. The average Bonchev–Trinajstić information content (AvgIpc) is 2.99. The number of rotatable bonds is 6. The van der Waals surface area contributed by atoms with Crippen LogP contribution in [0.2, 0.25) is 5.02 Å². The zero-order valence-electron chi connectivity index (χ0n) is 16.0. The van der Waals surface area contributed by atoms with E-state index >= 15 is 0 Å². The van der Waals surface area contributed by atoms with E-state index in [1.807, 2.05) is 0 Å². The van der Waals surface area contributed by atoms with Crippen LogP contribution in [0.15, 0.2) is 42.5 Å². The van der Waals surface area contributed by atoms with Crippen molar-refractivity contribution < 1.29 is 23.8 Å². The molecule has 1 aromatic heterocycles. The van der Waals surface area contributed by atoms with Crippen molar-refractivity contribution in [2.45, 2.75) is 31.8 Å². The minimum Gasteiger partial charge on any atom is -0.484 e. The molecule has 0 aliphatic heterocycles. The lowest BCUT2D eigenvalue weighted by molar-refractivity contribution is -0.137. The number of benzene rings is 2. The summed E-state index contributed by atoms with van der Waals surface area (Å²) in [6.07, 6.45) is 1.77. The van der Waals surface area contributed by atoms with E-state index in [0.717, 1.165) is 11.3 Å². The van der Waals surface area contributed by atoms with E-state index in [0.29, 0.717) is 40.9 Å². The third-order valence-corrected chi connectivity index (χ3v) is 5.52. The second kappa shape index (κ2) is 8.36. The second-order valence-electron chi connectivity index (χ2n) is 7.32. The van der Waals surface area contributed by atoms with Gasteiger partial charge in [0.2, 0.25) is 0 Å². The number of carbonyl (C=O) groups excluding carboxylic acids is 1. The topological polar surface area (TPSA) is 80.6 Å². The number of carbonyl (C=O) groups is 2. The number of nitrogens with zero attached hydrogens (tertiary/aromatic N) is 1. The molecule has 1 aliphatic carbocycles. The molecule has 0 radical (unpaired) electrons. The molecule has 2 aromatic carbocycles. The van der Waals surface area contributed by atoms with Gasteiger partial charge in [0.05, 0.1) is 0 Å². The summed E-state index contributed by atoms with van der Waals surface area (Å²) in [5.41, 5.74) is 2.48. The van der Waals surface area contributed by atoms with Crippen LogP contribution >= 0.6 is 11.6 Å². The molecule has 3 aromatic rings. The standard InChI is InChI=1S/C22H20ClFN2O4/c23-13-1-5-16(6-2-13)30-12-21(27)25-15-4-8-20-18(10-15)17-9-14(24)3-7-19(17)26(20)11-22(28)29/h1-3,5-7,9,15H,4,8,10-12H2,(H,25,27)(H,28,29)/t15-/m0/s1. The van der Waals surface area contributed by atoms with Gasteiger partial charge >= 0.3 is 5.97 Å². The molecule has 0 fully saturated rings. The van der Waals surface area contributed by atoms with Crippen molar-refractivity contribution in [3.8, 4) is 5.75 Å². The Morgan fingerprint density at radius 2 is 2.00 bits per heavy atom. The Morgan fingerprint density at radius 1 is 1.23 bits per heavy atom. The fourth-order valence-electron chi connectivity index (χ4n) is 4.01. The van der Waals surface area contributed by atoms with Crippen LogP contribution in [-0.4, -0.2) is 34.2 Å². The van der Waals surface area contributed by atoms with Crippen molar-refractivity contribution in [1.29, 1.82) is 0 Å². The summed E-state index contributed by atoms with van der Waals surface area (Å²) >= 11 is 5.83. The summed E-state index contributed by atoms with van der Waals surface area (Å²) in [6, 6.07) is 11.0. The molecule has 0 bridgehead atoms. The molecule has 30 heavy (non-hydrogen) atoms. The number of fused-ring (bicyclic) bond motifs is 3. The predicted molar refractivity (Wildman–Crippen MR) is 110 cm³/mol. The normalized spacial score (nSPS) is 15.6. The number of amides is 1. The van der Waals surface area contributed by atoms with E-state index in [-0.39, 0.29) is 30.9 Å². The van der Waals surface area contributed by atoms with Gasteiger partial charge in [-0.3, -0.25) is 9.59 Å². The number of aromatic nitrogens is 1. The Bertz CT molecular complexity index is 1110. The summed E-state index contributed by atoms with van der Waals surface area (Å²) in [4.78, 5) is 23.6. The SMILES string of the molecule is O=C(O)Cn1c2c(c3cc(F)ccc31)C[C@@H](NC(=O)COc1ccc(Cl)cc1)CC2. The molecule has 1 heterocycles. The van der Waals surface area contributed by atoms with Crippen LogP contribution in [0.25, 0.3) is 10.9 Å². The lowest BCUT2D eigenvalue weighted by Crippen LogP contribution is -2.41. The number of hydrogen-bond acceptors (Lipinski definition) is 3. The number of aliphatic carboxylic acids is 1. The Balaban J connectivity index is 1.48. The maximum absolute atomic E-state index is 13.9. The Kier molecular flexibility index (Phi) is 5.63. The molecule has 0 unspecified atom stereocenters. The van der Waals surface area contributed by atoms with Gasteiger partial charge in [-0.15, -0.1) is 0 Å². The van der Waals surface area contributed by atoms with Crippen LogP contribution in [0, 0.1) is 5.82 Å². The second-order valence-corrected chi connectivity index (χ2v) is 7.75. The number of nitrogens with one attached hydrogen (secondary N) is 1. The van der Waals surface area contributed by atoms with Crippen LogP contribution in [0.1, 0.15) is 17.7 Å². The van der Waals surface area contributed by atoms with E-state index in [2.05, 4.69) is 5.32 Å². The molecular weight excluding hydrogens is 411 g/mol. The van der Waals surface area contributed by atoms with Gasteiger partial charge < -0.3 is 19.7 Å². The van der Waals surface area contributed by atoms with Crippen molar-refractivity contribution in [3.05, 3.63) is 64.6 Å². The van der Waals surface area contributed by atoms with Gasteiger partial charge in [-0.25, -0.2) is 4.39 Å². The maximum atomic E-state index is 13.9. The Hall–Kier alpha value is -3.06. The van der Waals surface area contributed by atoms with E-state index in [4.69, 9.17) is 16.3 Å². The molecule has 156 valence electrons. The minimum absolute atomic E-state index is 0.125. The smallest absolute Gasteiger partial charge is 0.323 e. The molecule has 6 nitrogen and oxygen atoms in total. The highest BCUT2D eigenvalue weighted by atomic mass is 35.5. The van der Waals surface area contributed by atoms with Gasteiger partial charge in [-0.2, -0.15) is 0 Å². The van der Waals surface area contributed by atoms with Crippen molar-refractivity contribution >= 4 is 34.4 Å². The zero-order valence-corrected chi connectivity index (χ0v) is 16.8. The molecule has 1 aliphatic rings. The number of ether oxygens (including phenoxy) is 1. The quantitative estimate of drug-likeness (QED) is 0.626. The highest BCUT2D eigenvalue weighted by Gasteiger charge is 2.27. The lowest BCUT2D eigenvalue weighted by atomic mass is 9.91. The molecule has 0 spiro atoms. The Morgan fingerprint density at radius 3 is 2.73 bits per heavy atom. The lowest BCUT2D eigenvalue weighted by Gasteiger charge is -2.25.